The van der Waals surface area contributed by atoms with Crippen LogP contribution in [0.1, 0.15) is 31.7 Å². The van der Waals surface area contributed by atoms with Crippen LogP contribution in [-0.2, 0) is 6.42 Å². The van der Waals surface area contributed by atoms with E-state index in [1.165, 1.54) is 24.8 Å². The van der Waals surface area contributed by atoms with Crippen molar-refractivity contribution in [2.75, 3.05) is 0 Å². The van der Waals surface area contributed by atoms with E-state index in [-0.39, 0.29) is 0 Å². The average molecular weight is 302 g/mol. The maximum Gasteiger partial charge on any atom is 0.0367 e. The van der Waals surface area contributed by atoms with E-state index in [0.29, 0.717) is 11.3 Å². The first-order valence-electron chi connectivity index (χ1n) is 6.03. The van der Waals surface area contributed by atoms with Gasteiger partial charge in [-0.3, -0.25) is 0 Å². The topological polar surface area (TPSA) is 0 Å². The van der Waals surface area contributed by atoms with Crippen LogP contribution in [0.3, 0.4) is 0 Å². The summed E-state index contributed by atoms with van der Waals surface area (Å²) in [4.78, 5) is 0. The Morgan fingerprint density at radius 3 is 2.62 bits per heavy atom. The van der Waals surface area contributed by atoms with Crippen LogP contribution in [0.15, 0.2) is 28.7 Å². The van der Waals surface area contributed by atoms with Crippen molar-refractivity contribution in [3.05, 3.63) is 34.3 Å². The van der Waals surface area contributed by atoms with Gasteiger partial charge >= 0.3 is 0 Å². The molecule has 0 bridgehead atoms. The third-order valence-corrected chi connectivity index (χ3v) is 4.67. The van der Waals surface area contributed by atoms with Crippen LogP contribution in [0, 0.1) is 11.8 Å². The molecule has 3 atom stereocenters. The highest BCUT2D eigenvalue weighted by Crippen LogP contribution is 2.34. The minimum atomic E-state index is 0.375. The Morgan fingerprint density at radius 2 is 1.94 bits per heavy atom. The van der Waals surface area contributed by atoms with Gasteiger partial charge in [0.05, 0.1) is 0 Å². The van der Waals surface area contributed by atoms with Gasteiger partial charge in [0.25, 0.3) is 0 Å². The Hall–Kier alpha value is -0.0100. The zero-order valence-electron chi connectivity index (χ0n) is 9.63. The molecule has 1 aromatic carbocycles. The van der Waals surface area contributed by atoms with Crippen molar-refractivity contribution in [3.8, 4) is 0 Å². The summed E-state index contributed by atoms with van der Waals surface area (Å²) in [5, 5.41) is 0.375. The summed E-state index contributed by atoms with van der Waals surface area (Å²) < 4.78 is 1.15. The first kappa shape index (κ1) is 12.4. The summed E-state index contributed by atoms with van der Waals surface area (Å²) in [6.45, 7) is 2.34. The fourth-order valence-corrected chi connectivity index (χ4v) is 3.18. The second kappa shape index (κ2) is 5.55. The highest BCUT2D eigenvalue weighted by molar-refractivity contribution is 9.10. The van der Waals surface area contributed by atoms with Crippen molar-refractivity contribution >= 4 is 27.5 Å². The van der Waals surface area contributed by atoms with Crippen LogP contribution in [0.5, 0.6) is 0 Å². The standard InChI is InChI=1S/C14H18BrCl/c1-10-2-7-14(16)12(8-10)9-11-3-5-13(15)6-4-11/h3-6,10,12,14H,2,7-9H2,1H3. The maximum atomic E-state index is 6.42. The smallest absolute Gasteiger partial charge is 0.0367 e. The van der Waals surface area contributed by atoms with E-state index in [9.17, 15) is 0 Å². The number of rotatable bonds is 2. The number of halogens is 2. The molecule has 2 rings (SSSR count). The molecule has 2 heteroatoms. The molecule has 1 aromatic rings. The van der Waals surface area contributed by atoms with E-state index in [0.717, 1.165) is 16.8 Å². The van der Waals surface area contributed by atoms with Crippen LogP contribution < -0.4 is 0 Å². The Morgan fingerprint density at radius 1 is 1.25 bits per heavy atom. The van der Waals surface area contributed by atoms with Gasteiger partial charge in [-0.15, -0.1) is 11.6 Å². The van der Waals surface area contributed by atoms with Crippen LogP contribution in [0.2, 0.25) is 0 Å². The lowest BCUT2D eigenvalue weighted by molar-refractivity contribution is 0.287. The second-order valence-electron chi connectivity index (χ2n) is 5.02. The van der Waals surface area contributed by atoms with Gasteiger partial charge in [0.1, 0.15) is 0 Å². The van der Waals surface area contributed by atoms with Gasteiger partial charge < -0.3 is 0 Å². The van der Waals surface area contributed by atoms with Gasteiger partial charge in [0.2, 0.25) is 0 Å². The monoisotopic (exact) mass is 300 g/mol. The first-order chi connectivity index (χ1) is 7.65. The van der Waals surface area contributed by atoms with Gasteiger partial charge in [-0.1, -0.05) is 35.0 Å². The molecule has 0 heterocycles. The molecule has 1 fully saturated rings. The maximum absolute atomic E-state index is 6.42. The normalized spacial score (nSPS) is 30.3. The number of hydrogen-bond acceptors (Lipinski definition) is 0. The molecule has 1 aliphatic rings. The zero-order valence-corrected chi connectivity index (χ0v) is 12.0. The fraction of sp³-hybridized carbons (Fsp3) is 0.571. The molecule has 0 spiro atoms. The van der Waals surface area contributed by atoms with Crippen molar-refractivity contribution in [1.29, 1.82) is 0 Å². The fourth-order valence-electron chi connectivity index (χ4n) is 2.60. The minimum Gasteiger partial charge on any atom is -0.123 e. The third-order valence-electron chi connectivity index (χ3n) is 3.56. The lowest BCUT2D eigenvalue weighted by Gasteiger charge is -2.31. The largest absolute Gasteiger partial charge is 0.123 e. The van der Waals surface area contributed by atoms with Crippen LogP contribution in [-0.4, -0.2) is 5.38 Å². The molecule has 3 unspecified atom stereocenters. The van der Waals surface area contributed by atoms with Gasteiger partial charge in [-0.25, -0.2) is 0 Å². The van der Waals surface area contributed by atoms with E-state index in [1.54, 1.807) is 0 Å². The van der Waals surface area contributed by atoms with E-state index in [1.807, 2.05) is 0 Å². The zero-order chi connectivity index (χ0) is 11.5. The Labute approximate surface area is 112 Å². The Kier molecular flexibility index (Phi) is 4.32. The molecule has 0 aliphatic heterocycles. The highest BCUT2D eigenvalue weighted by Gasteiger charge is 2.26. The predicted molar refractivity (Wildman–Crippen MR) is 74.0 cm³/mol. The second-order valence-corrected chi connectivity index (χ2v) is 6.50. The summed E-state index contributed by atoms with van der Waals surface area (Å²) in [5.74, 6) is 1.50. The van der Waals surface area contributed by atoms with E-state index >= 15 is 0 Å². The Bertz CT molecular complexity index is 333. The SMILES string of the molecule is CC1CCC(Cl)C(Cc2ccc(Br)cc2)C1. The van der Waals surface area contributed by atoms with Gasteiger partial charge in [0.15, 0.2) is 0 Å². The van der Waals surface area contributed by atoms with Crippen molar-refractivity contribution in [2.45, 2.75) is 38.0 Å². The van der Waals surface area contributed by atoms with Crippen molar-refractivity contribution < 1.29 is 0 Å². The van der Waals surface area contributed by atoms with Crippen molar-refractivity contribution in [3.63, 3.8) is 0 Å². The lowest BCUT2D eigenvalue weighted by atomic mass is 9.79. The summed E-state index contributed by atoms with van der Waals surface area (Å²) >= 11 is 9.89. The van der Waals surface area contributed by atoms with Crippen molar-refractivity contribution in [2.24, 2.45) is 11.8 Å². The summed E-state index contributed by atoms with van der Waals surface area (Å²) in [6.07, 6.45) is 4.89. The van der Waals surface area contributed by atoms with Crippen LogP contribution in [0.4, 0.5) is 0 Å². The number of benzene rings is 1. The van der Waals surface area contributed by atoms with Crippen LogP contribution >= 0.6 is 27.5 Å². The predicted octanol–water partition coefficient (Wildman–Crippen LogP) is 5.04. The van der Waals surface area contributed by atoms with Gasteiger partial charge in [-0.2, -0.15) is 0 Å². The third kappa shape index (κ3) is 3.24. The minimum absolute atomic E-state index is 0.375. The Balaban J connectivity index is 2.00. The van der Waals surface area contributed by atoms with E-state index < -0.39 is 0 Å². The molecule has 1 saturated carbocycles. The molecule has 0 aromatic heterocycles. The summed E-state index contributed by atoms with van der Waals surface area (Å²) in [6, 6.07) is 8.63. The van der Waals surface area contributed by atoms with Crippen molar-refractivity contribution in [1.82, 2.24) is 0 Å². The van der Waals surface area contributed by atoms with Gasteiger partial charge in [0, 0.05) is 9.85 Å². The molecule has 88 valence electrons. The first-order valence-corrected chi connectivity index (χ1v) is 7.26. The van der Waals surface area contributed by atoms with E-state index in [4.69, 9.17) is 11.6 Å². The molecule has 16 heavy (non-hydrogen) atoms. The van der Waals surface area contributed by atoms with E-state index in [2.05, 4.69) is 47.1 Å². The quantitative estimate of drug-likeness (QED) is 0.672. The summed E-state index contributed by atoms with van der Waals surface area (Å²) in [5.41, 5.74) is 1.41. The highest BCUT2D eigenvalue weighted by atomic mass is 79.9. The molecule has 0 radical (unpaired) electrons. The lowest BCUT2D eigenvalue weighted by Crippen LogP contribution is -2.25. The average Bonchev–Trinajstić information content (AvgIpc) is 2.27. The molecular weight excluding hydrogens is 284 g/mol. The molecule has 0 amide bonds. The number of hydrogen-bond donors (Lipinski definition) is 0. The van der Waals surface area contributed by atoms with Crippen LogP contribution in [0.25, 0.3) is 0 Å². The molecule has 1 aliphatic carbocycles. The van der Waals surface area contributed by atoms with Gasteiger partial charge in [-0.05, 0) is 55.2 Å². The number of alkyl halides is 1. The molecular formula is C14H18BrCl. The summed E-state index contributed by atoms with van der Waals surface area (Å²) in [7, 11) is 0. The molecule has 0 saturated heterocycles. The molecule has 0 N–H and O–H groups in total. The molecule has 0 nitrogen and oxygen atoms in total.